The van der Waals surface area contributed by atoms with Crippen LogP contribution in [0.5, 0.6) is 0 Å². The summed E-state index contributed by atoms with van der Waals surface area (Å²) in [5.74, 6) is 0.326. The van der Waals surface area contributed by atoms with Crippen molar-refractivity contribution in [1.29, 1.82) is 0 Å². The van der Waals surface area contributed by atoms with E-state index in [9.17, 15) is 8.42 Å². The molecule has 0 atom stereocenters. The third-order valence-electron chi connectivity index (χ3n) is 3.63. The number of hydrogen-bond donors (Lipinski definition) is 1. The minimum Gasteiger partial charge on any atom is -0.384 e. The highest BCUT2D eigenvalue weighted by Gasteiger charge is 2.25. The zero-order valence-corrected chi connectivity index (χ0v) is 14.8. The minimum atomic E-state index is -3.76. The predicted molar refractivity (Wildman–Crippen MR) is 99.9 cm³/mol. The molecule has 128 valence electrons. The highest BCUT2D eigenvalue weighted by molar-refractivity contribution is 7.92. The Hall–Kier alpha value is -2.57. The van der Waals surface area contributed by atoms with Crippen molar-refractivity contribution in [2.45, 2.75) is 11.4 Å². The molecule has 1 heterocycles. The molecule has 7 heteroatoms. The maximum atomic E-state index is 13.1. The zero-order valence-electron chi connectivity index (χ0n) is 13.2. The fraction of sp³-hybridized carbons (Fsp3) is 0.0556. The van der Waals surface area contributed by atoms with Crippen LogP contribution in [-0.2, 0) is 16.6 Å². The molecule has 0 unspecified atom stereocenters. The van der Waals surface area contributed by atoms with E-state index in [2.05, 4.69) is 4.98 Å². The van der Waals surface area contributed by atoms with Gasteiger partial charge in [-0.25, -0.2) is 13.4 Å². The third-order valence-corrected chi connectivity index (χ3v) is 5.67. The summed E-state index contributed by atoms with van der Waals surface area (Å²) in [7, 11) is -3.76. The van der Waals surface area contributed by atoms with Gasteiger partial charge in [-0.1, -0.05) is 41.9 Å². The summed E-state index contributed by atoms with van der Waals surface area (Å²) >= 11 is 5.91. The lowest BCUT2D eigenvalue weighted by Crippen LogP contribution is -2.30. The summed E-state index contributed by atoms with van der Waals surface area (Å²) in [6, 6.07) is 18.5. The Labute approximate surface area is 151 Å². The van der Waals surface area contributed by atoms with Gasteiger partial charge in [0.25, 0.3) is 10.0 Å². The number of anilines is 2. The van der Waals surface area contributed by atoms with Crippen LogP contribution in [0.1, 0.15) is 5.56 Å². The first-order chi connectivity index (χ1) is 12.0. The van der Waals surface area contributed by atoms with E-state index in [1.807, 2.05) is 0 Å². The Morgan fingerprint density at radius 3 is 2.24 bits per heavy atom. The summed E-state index contributed by atoms with van der Waals surface area (Å²) in [4.78, 5) is 4.22. The van der Waals surface area contributed by atoms with Crippen LogP contribution in [0.15, 0.2) is 77.8 Å². The predicted octanol–water partition coefficient (Wildman–Crippen LogP) is 3.71. The molecule has 0 spiro atoms. The molecule has 0 amide bonds. The number of nitrogens with two attached hydrogens (primary N) is 1. The monoisotopic (exact) mass is 373 g/mol. The third kappa shape index (κ3) is 3.92. The molecule has 0 aliphatic carbocycles. The quantitative estimate of drug-likeness (QED) is 0.739. The van der Waals surface area contributed by atoms with Gasteiger partial charge in [-0.2, -0.15) is 0 Å². The van der Waals surface area contributed by atoms with Crippen molar-refractivity contribution in [2.75, 3.05) is 10.0 Å². The molecule has 5 nitrogen and oxygen atoms in total. The molecule has 0 aliphatic heterocycles. The Balaban J connectivity index is 2.05. The maximum absolute atomic E-state index is 13.1. The normalized spacial score (nSPS) is 11.2. The van der Waals surface area contributed by atoms with E-state index >= 15 is 0 Å². The van der Waals surface area contributed by atoms with E-state index in [1.165, 1.54) is 10.5 Å². The van der Waals surface area contributed by atoms with Crippen molar-refractivity contribution in [3.05, 3.63) is 83.5 Å². The first kappa shape index (κ1) is 17.3. The average molecular weight is 374 g/mol. The molecule has 2 aromatic carbocycles. The lowest BCUT2D eigenvalue weighted by atomic mass is 10.2. The number of rotatable bonds is 5. The number of nitrogens with zero attached hydrogens (tertiary/aromatic N) is 2. The second kappa shape index (κ2) is 7.13. The molecule has 0 saturated carbocycles. The van der Waals surface area contributed by atoms with Crippen molar-refractivity contribution in [3.8, 4) is 0 Å². The Morgan fingerprint density at radius 2 is 1.64 bits per heavy atom. The second-order valence-electron chi connectivity index (χ2n) is 5.39. The van der Waals surface area contributed by atoms with Crippen molar-refractivity contribution in [1.82, 2.24) is 4.98 Å². The maximum Gasteiger partial charge on any atom is 0.264 e. The summed E-state index contributed by atoms with van der Waals surface area (Å²) in [6.07, 6.45) is 1.45. The number of nitrogen functional groups attached to an aromatic ring is 1. The van der Waals surface area contributed by atoms with Gasteiger partial charge >= 0.3 is 0 Å². The van der Waals surface area contributed by atoms with E-state index in [0.717, 1.165) is 5.56 Å². The molecule has 0 fully saturated rings. The van der Waals surface area contributed by atoms with E-state index in [4.69, 9.17) is 17.3 Å². The van der Waals surface area contributed by atoms with Crippen LogP contribution in [0.3, 0.4) is 0 Å². The van der Waals surface area contributed by atoms with Crippen LogP contribution < -0.4 is 10.0 Å². The molecular weight excluding hydrogens is 358 g/mol. The van der Waals surface area contributed by atoms with Crippen LogP contribution in [0, 0.1) is 0 Å². The topological polar surface area (TPSA) is 76.3 Å². The van der Waals surface area contributed by atoms with E-state index in [1.54, 1.807) is 66.7 Å². The average Bonchev–Trinajstić information content (AvgIpc) is 2.63. The molecule has 0 bridgehead atoms. The van der Waals surface area contributed by atoms with Crippen molar-refractivity contribution in [3.63, 3.8) is 0 Å². The minimum absolute atomic E-state index is 0.153. The lowest BCUT2D eigenvalue weighted by Gasteiger charge is -2.24. The number of sulfonamides is 1. The van der Waals surface area contributed by atoms with Crippen LogP contribution in [-0.4, -0.2) is 13.4 Å². The fourth-order valence-corrected chi connectivity index (χ4v) is 3.92. The van der Waals surface area contributed by atoms with Gasteiger partial charge < -0.3 is 5.73 Å². The van der Waals surface area contributed by atoms with Crippen LogP contribution in [0.25, 0.3) is 0 Å². The molecule has 3 rings (SSSR count). The molecule has 0 aliphatic rings. The molecule has 1 aromatic heterocycles. The highest BCUT2D eigenvalue weighted by Crippen LogP contribution is 2.26. The number of halogens is 1. The number of aromatic nitrogens is 1. The number of benzene rings is 2. The van der Waals surface area contributed by atoms with E-state index in [0.29, 0.717) is 16.5 Å². The molecule has 2 N–H and O–H groups in total. The lowest BCUT2D eigenvalue weighted by molar-refractivity contribution is 0.590. The van der Waals surface area contributed by atoms with Crippen molar-refractivity contribution >= 4 is 33.1 Å². The van der Waals surface area contributed by atoms with E-state index < -0.39 is 10.0 Å². The molecule has 3 aromatic rings. The smallest absolute Gasteiger partial charge is 0.264 e. The molecular formula is C18H16ClN3O2S. The molecule has 0 saturated heterocycles. The van der Waals surface area contributed by atoms with Gasteiger partial charge in [0.05, 0.1) is 23.3 Å². The summed E-state index contributed by atoms with van der Waals surface area (Å²) in [5, 5.41) is 0.593. The molecule has 0 radical (unpaired) electrons. The van der Waals surface area contributed by atoms with Crippen LogP contribution in [0.2, 0.25) is 5.02 Å². The Bertz CT molecular complexity index is 944. The van der Waals surface area contributed by atoms with E-state index in [-0.39, 0.29) is 11.4 Å². The Morgan fingerprint density at radius 1 is 0.960 bits per heavy atom. The van der Waals surface area contributed by atoms with Gasteiger partial charge in [-0.3, -0.25) is 4.31 Å². The second-order valence-corrected chi connectivity index (χ2v) is 7.69. The largest absolute Gasteiger partial charge is 0.384 e. The van der Waals surface area contributed by atoms with Crippen LogP contribution in [0.4, 0.5) is 11.5 Å². The van der Waals surface area contributed by atoms with Gasteiger partial charge in [-0.05, 0) is 42.0 Å². The first-order valence-electron chi connectivity index (χ1n) is 7.50. The summed E-state index contributed by atoms with van der Waals surface area (Å²) in [5.41, 5.74) is 6.87. The standard InChI is InChI=1S/C18H16ClN3O2S/c19-15-8-6-14(7-9-15)13-22(16-10-11-18(20)21-12-16)25(23,24)17-4-2-1-3-5-17/h1-12H,13H2,(H2,20,21). The zero-order chi connectivity index (χ0) is 17.9. The van der Waals surface area contributed by atoms with Gasteiger partial charge in [0.15, 0.2) is 0 Å². The summed E-state index contributed by atoms with van der Waals surface area (Å²) in [6.45, 7) is 0.153. The fourth-order valence-electron chi connectivity index (χ4n) is 2.34. The van der Waals surface area contributed by atoms with Crippen molar-refractivity contribution < 1.29 is 8.42 Å². The van der Waals surface area contributed by atoms with Crippen LogP contribution >= 0.6 is 11.6 Å². The van der Waals surface area contributed by atoms with Gasteiger partial charge in [0.2, 0.25) is 0 Å². The van der Waals surface area contributed by atoms with Gasteiger partial charge in [-0.15, -0.1) is 0 Å². The van der Waals surface area contributed by atoms with Gasteiger partial charge in [0, 0.05) is 5.02 Å². The summed E-state index contributed by atoms with van der Waals surface area (Å²) < 4.78 is 27.6. The highest BCUT2D eigenvalue weighted by atomic mass is 35.5. The Kier molecular flexibility index (Phi) is 4.92. The van der Waals surface area contributed by atoms with Crippen molar-refractivity contribution in [2.24, 2.45) is 0 Å². The SMILES string of the molecule is Nc1ccc(N(Cc2ccc(Cl)cc2)S(=O)(=O)c2ccccc2)cn1. The molecule has 25 heavy (non-hydrogen) atoms. The van der Waals surface area contributed by atoms with Gasteiger partial charge in [0.1, 0.15) is 5.82 Å². The number of pyridine rings is 1. The number of hydrogen-bond acceptors (Lipinski definition) is 4. The first-order valence-corrected chi connectivity index (χ1v) is 9.32.